The van der Waals surface area contributed by atoms with Crippen LogP contribution in [0.4, 0.5) is 19.0 Å². The number of anilines is 1. The van der Waals surface area contributed by atoms with Gasteiger partial charge in [0.25, 0.3) is 5.56 Å². The second kappa shape index (κ2) is 5.20. The molecular formula is C10H14F3N3O. The van der Waals surface area contributed by atoms with Crippen molar-refractivity contribution < 1.29 is 13.2 Å². The third kappa shape index (κ3) is 3.21. The molecule has 0 aromatic carbocycles. The van der Waals surface area contributed by atoms with Crippen molar-refractivity contribution in [1.29, 1.82) is 0 Å². The van der Waals surface area contributed by atoms with Gasteiger partial charge in [-0.1, -0.05) is 6.92 Å². The van der Waals surface area contributed by atoms with E-state index in [0.29, 0.717) is 13.1 Å². The van der Waals surface area contributed by atoms with Gasteiger partial charge >= 0.3 is 6.18 Å². The molecule has 1 N–H and O–H groups in total. The van der Waals surface area contributed by atoms with Crippen molar-refractivity contribution in [3.05, 3.63) is 22.0 Å². The molecule has 0 bridgehead atoms. The van der Waals surface area contributed by atoms with E-state index >= 15 is 0 Å². The summed E-state index contributed by atoms with van der Waals surface area (Å²) >= 11 is 0. The number of nitrogens with one attached hydrogen (secondary N) is 1. The fourth-order valence-corrected chi connectivity index (χ4v) is 1.47. The molecule has 96 valence electrons. The minimum atomic E-state index is -4.66. The van der Waals surface area contributed by atoms with Gasteiger partial charge in [-0.25, -0.2) is 5.10 Å². The standard InChI is InChI=1S/C10H14F3N3O/c1-3-5-16(4-2)8-6-7(10(11,12)13)9(17)15-14-8/h6H,3-5H2,1-2H3,(H,15,17). The molecule has 0 saturated heterocycles. The summed E-state index contributed by atoms with van der Waals surface area (Å²) in [6.45, 7) is 4.85. The van der Waals surface area contributed by atoms with Crippen LogP contribution >= 0.6 is 0 Å². The molecule has 0 amide bonds. The summed E-state index contributed by atoms with van der Waals surface area (Å²) in [5.41, 5.74) is -2.43. The van der Waals surface area contributed by atoms with E-state index in [2.05, 4.69) is 5.10 Å². The van der Waals surface area contributed by atoms with E-state index in [0.717, 1.165) is 12.5 Å². The van der Waals surface area contributed by atoms with Gasteiger partial charge in [-0.2, -0.15) is 18.3 Å². The van der Waals surface area contributed by atoms with E-state index < -0.39 is 17.3 Å². The van der Waals surface area contributed by atoms with Crippen molar-refractivity contribution in [2.75, 3.05) is 18.0 Å². The number of halogens is 3. The normalized spacial score (nSPS) is 11.6. The number of hydrogen-bond acceptors (Lipinski definition) is 3. The fraction of sp³-hybridized carbons (Fsp3) is 0.600. The minimum absolute atomic E-state index is 0.140. The van der Waals surface area contributed by atoms with Crippen LogP contribution in [-0.2, 0) is 6.18 Å². The summed E-state index contributed by atoms with van der Waals surface area (Å²) in [6.07, 6.45) is -3.87. The van der Waals surface area contributed by atoms with Gasteiger partial charge in [0.05, 0.1) is 0 Å². The minimum Gasteiger partial charge on any atom is -0.355 e. The lowest BCUT2D eigenvalue weighted by Crippen LogP contribution is -2.29. The molecule has 1 heterocycles. The number of nitrogens with zero attached hydrogens (tertiary/aromatic N) is 2. The molecule has 0 spiro atoms. The molecule has 0 atom stereocenters. The fourth-order valence-electron chi connectivity index (χ4n) is 1.47. The summed E-state index contributed by atoms with van der Waals surface area (Å²) in [6, 6.07) is 0.790. The predicted molar refractivity (Wildman–Crippen MR) is 58.0 cm³/mol. The number of alkyl halides is 3. The number of hydrogen-bond donors (Lipinski definition) is 1. The number of rotatable bonds is 4. The van der Waals surface area contributed by atoms with Gasteiger partial charge in [0.1, 0.15) is 11.4 Å². The molecule has 0 saturated carbocycles. The summed E-state index contributed by atoms with van der Waals surface area (Å²) in [4.78, 5) is 12.7. The Morgan fingerprint density at radius 1 is 1.41 bits per heavy atom. The second-order valence-corrected chi connectivity index (χ2v) is 3.55. The van der Waals surface area contributed by atoms with E-state index in [9.17, 15) is 18.0 Å². The number of H-pyrrole nitrogens is 1. The number of aromatic amines is 1. The summed E-state index contributed by atoms with van der Waals surface area (Å²) in [5.74, 6) is 0.140. The van der Waals surface area contributed by atoms with Crippen LogP contribution in [0.1, 0.15) is 25.8 Å². The molecule has 1 rings (SSSR count). The Morgan fingerprint density at radius 2 is 2.06 bits per heavy atom. The van der Waals surface area contributed by atoms with Crippen LogP contribution in [0.25, 0.3) is 0 Å². The van der Waals surface area contributed by atoms with Crippen molar-refractivity contribution in [3.63, 3.8) is 0 Å². The van der Waals surface area contributed by atoms with Crippen molar-refractivity contribution in [2.24, 2.45) is 0 Å². The van der Waals surface area contributed by atoms with Gasteiger partial charge in [-0.05, 0) is 13.3 Å². The van der Waals surface area contributed by atoms with Crippen LogP contribution in [0.3, 0.4) is 0 Å². The maximum Gasteiger partial charge on any atom is 0.421 e. The Morgan fingerprint density at radius 3 is 2.53 bits per heavy atom. The van der Waals surface area contributed by atoms with Gasteiger partial charge in [0.2, 0.25) is 0 Å². The first-order chi connectivity index (χ1) is 7.90. The maximum absolute atomic E-state index is 12.5. The van der Waals surface area contributed by atoms with Crippen LogP contribution in [0, 0.1) is 0 Å². The van der Waals surface area contributed by atoms with Crippen molar-refractivity contribution in [3.8, 4) is 0 Å². The lowest BCUT2D eigenvalue weighted by atomic mass is 10.2. The monoisotopic (exact) mass is 249 g/mol. The van der Waals surface area contributed by atoms with Gasteiger partial charge in [-0.3, -0.25) is 4.79 Å². The average molecular weight is 249 g/mol. The summed E-state index contributed by atoms with van der Waals surface area (Å²) in [7, 11) is 0. The highest BCUT2D eigenvalue weighted by molar-refractivity contribution is 5.39. The third-order valence-corrected chi connectivity index (χ3v) is 2.29. The molecule has 4 nitrogen and oxygen atoms in total. The van der Waals surface area contributed by atoms with Crippen molar-refractivity contribution >= 4 is 5.82 Å². The average Bonchev–Trinajstić information content (AvgIpc) is 2.25. The van der Waals surface area contributed by atoms with Crippen LogP contribution in [-0.4, -0.2) is 23.3 Å². The van der Waals surface area contributed by atoms with E-state index in [1.165, 1.54) is 0 Å². The first kappa shape index (κ1) is 13.5. The van der Waals surface area contributed by atoms with E-state index in [4.69, 9.17) is 0 Å². The Balaban J connectivity index is 3.16. The van der Waals surface area contributed by atoms with Crippen LogP contribution < -0.4 is 10.5 Å². The van der Waals surface area contributed by atoms with Crippen molar-refractivity contribution in [2.45, 2.75) is 26.4 Å². The predicted octanol–water partition coefficient (Wildman–Crippen LogP) is 2.02. The van der Waals surface area contributed by atoms with Gasteiger partial charge in [0, 0.05) is 19.2 Å². The van der Waals surface area contributed by atoms with Gasteiger partial charge < -0.3 is 4.90 Å². The Hall–Kier alpha value is -1.53. The lowest BCUT2D eigenvalue weighted by Gasteiger charge is -2.21. The Kier molecular flexibility index (Phi) is 4.14. The van der Waals surface area contributed by atoms with Crippen LogP contribution in [0.2, 0.25) is 0 Å². The first-order valence-electron chi connectivity index (χ1n) is 5.32. The SMILES string of the molecule is CCCN(CC)c1cc(C(F)(F)F)c(=O)[nH]n1. The van der Waals surface area contributed by atoms with Gasteiger partial charge in [0.15, 0.2) is 0 Å². The maximum atomic E-state index is 12.5. The quantitative estimate of drug-likeness (QED) is 0.888. The molecule has 0 unspecified atom stereocenters. The zero-order valence-corrected chi connectivity index (χ0v) is 9.64. The first-order valence-corrected chi connectivity index (χ1v) is 5.32. The van der Waals surface area contributed by atoms with E-state index in [-0.39, 0.29) is 5.82 Å². The largest absolute Gasteiger partial charge is 0.421 e. The molecule has 0 aliphatic carbocycles. The van der Waals surface area contributed by atoms with E-state index in [1.54, 1.807) is 4.90 Å². The molecule has 0 fully saturated rings. The second-order valence-electron chi connectivity index (χ2n) is 3.55. The van der Waals surface area contributed by atoms with Gasteiger partial charge in [-0.15, -0.1) is 0 Å². The molecule has 1 aromatic rings. The summed E-state index contributed by atoms with van der Waals surface area (Å²) in [5, 5.41) is 5.51. The summed E-state index contributed by atoms with van der Waals surface area (Å²) < 4.78 is 37.5. The highest BCUT2D eigenvalue weighted by atomic mass is 19.4. The molecular weight excluding hydrogens is 235 g/mol. The Labute approximate surface area is 96.4 Å². The molecule has 17 heavy (non-hydrogen) atoms. The molecule has 0 radical (unpaired) electrons. The van der Waals surface area contributed by atoms with Crippen LogP contribution in [0.15, 0.2) is 10.9 Å². The zero-order chi connectivity index (χ0) is 13.1. The highest BCUT2D eigenvalue weighted by Gasteiger charge is 2.34. The van der Waals surface area contributed by atoms with Crippen molar-refractivity contribution in [1.82, 2.24) is 10.2 Å². The third-order valence-electron chi connectivity index (χ3n) is 2.29. The smallest absolute Gasteiger partial charge is 0.355 e. The molecule has 1 aromatic heterocycles. The lowest BCUT2D eigenvalue weighted by molar-refractivity contribution is -0.138. The highest BCUT2D eigenvalue weighted by Crippen LogP contribution is 2.27. The number of aromatic nitrogens is 2. The van der Waals surface area contributed by atoms with Crippen LogP contribution in [0.5, 0.6) is 0 Å². The van der Waals surface area contributed by atoms with E-state index in [1.807, 2.05) is 18.9 Å². The molecule has 0 aliphatic rings. The zero-order valence-electron chi connectivity index (χ0n) is 9.64. The topological polar surface area (TPSA) is 49.0 Å². The molecule has 7 heteroatoms. The Bertz CT molecular complexity index is 428. The molecule has 0 aliphatic heterocycles.